The molecule has 0 saturated carbocycles. The normalized spacial score (nSPS) is 11.0. The van der Waals surface area contributed by atoms with E-state index in [1.54, 1.807) is 0 Å². The van der Waals surface area contributed by atoms with Crippen LogP contribution in [0.5, 0.6) is 5.75 Å². The van der Waals surface area contributed by atoms with Crippen LogP contribution in [0.2, 0.25) is 0 Å². The first-order valence-electron chi connectivity index (χ1n) is 5.44. The van der Waals surface area contributed by atoms with Gasteiger partial charge in [0, 0.05) is 12.4 Å². The van der Waals surface area contributed by atoms with Gasteiger partial charge in [0.2, 0.25) is 5.95 Å². The van der Waals surface area contributed by atoms with Gasteiger partial charge in [-0.3, -0.25) is 0 Å². The molecule has 9 heteroatoms. The number of benzene rings is 1. The first kappa shape index (κ1) is 13.9. The molecule has 0 fully saturated rings. The van der Waals surface area contributed by atoms with Crippen LogP contribution in [0.15, 0.2) is 41.6 Å². The van der Waals surface area contributed by atoms with Crippen LogP contribution in [-0.2, 0) is 14.8 Å². The van der Waals surface area contributed by atoms with Gasteiger partial charge < -0.3 is 14.8 Å². The smallest absolute Gasteiger partial charge is 0.341 e. The van der Waals surface area contributed by atoms with Gasteiger partial charge in [0.1, 0.15) is 5.75 Å². The molecule has 1 aromatic heterocycles. The quantitative estimate of drug-likeness (QED) is 0.720. The maximum atomic E-state index is 12.0. The van der Waals surface area contributed by atoms with Gasteiger partial charge in [0.25, 0.3) is 10.0 Å². The molecule has 2 rings (SSSR count). The lowest BCUT2D eigenvalue weighted by Gasteiger charge is -2.07. The minimum atomic E-state index is -3.75. The predicted octanol–water partition coefficient (Wildman–Crippen LogP) is 0.674. The number of nitrogens with one attached hydrogen (secondary N) is 2. The highest BCUT2D eigenvalue weighted by Crippen LogP contribution is 2.17. The number of carbonyl (C=O) groups is 1. The molecule has 0 spiro atoms. The fraction of sp³-hybridized carbons (Fsp3) is 0.0909. The minimum Gasteiger partial charge on any atom is -0.482 e. The van der Waals surface area contributed by atoms with Crippen molar-refractivity contribution in [1.29, 1.82) is 0 Å². The standard InChI is InChI=1S/C11H11N3O5S/c15-10(16)7-19-8-1-3-9(4-2-8)20(17,18)14-11-12-5-6-13-11/h1-6H,7H2,(H,15,16)(H2,12,13,14). The van der Waals surface area contributed by atoms with Gasteiger partial charge in [-0.15, -0.1) is 0 Å². The van der Waals surface area contributed by atoms with E-state index in [-0.39, 0.29) is 16.6 Å². The predicted molar refractivity (Wildman–Crippen MR) is 69.0 cm³/mol. The number of carboxylic acid groups (broad SMARTS) is 1. The second kappa shape index (κ2) is 5.61. The molecule has 0 bridgehead atoms. The minimum absolute atomic E-state index is 0.0107. The van der Waals surface area contributed by atoms with E-state index in [0.29, 0.717) is 0 Å². The topological polar surface area (TPSA) is 121 Å². The van der Waals surface area contributed by atoms with Crippen molar-refractivity contribution in [2.45, 2.75) is 4.90 Å². The highest BCUT2D eigenvalue weighted by molar-refractivity contribution is 7.92. The number of ether oxygens (including phenoxy) is 1. The van der Waals surface area contributed by atoms with Crippen LogP contribution in [-0.4, -0.2) is 36.1 Å². The van der Waals surface area contributed by atoms with E-state index in [0.717, 1.165) is 0 Å². The second-order valence-electron chi connectivity index (χ2n) is 3.70. The van der Waals surface area contributed by atoms with Crippen molar-refractivity contribution in [2.24, 2.45) is 0 Å². The van der Waals surface area contributed by atoms with Crippen LogP contribution in [0.25, 0.3) is 0 Å². The molecule has 0 aliphatic rings. The van der Waals surface area contributed by atoms with Crippen molar-refractivity contribution in [3.05, 3.63) is 36.7 Å². The summed E-state index contributed by atoms with van der Waals surface area (Å²) in [4.78, 5) is 16.7. The molecular formula is C11H11N3O5S. The van der Waals surface area contributed by atoms with Gasteiger partial charge in [-0.05, 0) is 24.3 Å². The number of hydrogen-bond acceptors (Lipinski definition) is 5. The lowest BCUT2D eigenvalue weighted by Crippen LogP contribution is -2.14. The van der Waals surface area contributed by atoms with E-state index in [2.05, 4.69) is 14.7 Å². The van der Waals surface area contributed by atoms with Crippen LogP contribution in [0.3, 0.4) is 0 Å². The van der Waals surface area contributed by atoms with E-state index in [1.165, 1.54) is 36.7 Å². The Kier molecular flexibility index (Phi) is 3.89. The summed E-state index contributed by atoms with van der Waals surface area (Å²) in [5.41, 5.74) is 0. The maximum absolute atomic E-state index is 12.0. The average Bonchev–Trinajstić information content (AvgIpc) is 2.89. The maximum Gasteiger partial charge on any atom is 0.341 e. The molecule has 2 aromatic rings. The van der Waals surface area contributed by atoms with Crippen LogP contribution < -0.4 is 9.46 Å². The number of nitrogens with zero attached hydrogens (tertiary/aromatic N) is 1. The van der Waals surface area contributed by atoms with Crippen molar-refractivity contribution < 1.29 is 23.1 Å². The molecule has 0 aliphatic heterocycles. The number of hydrogen-bond donors (Lipinski definition) is 3. The van der Waals surface area contributed by atoms with Gasteiger partial charge in [-0.25, -0.2) is 22.9 Å². The fourth-order valence-corrected chi connectivity index (χ4v) is 2.35. The van der Waals surface area contributed by atoms with E-state index in [9.17, 15) is 13.2 Å². The summed E-state index contributed by atoms with van der Waals surface area (Å²) in [5, 5.41) is 8.46. The third kappa shape index (κ3) is 3.48. The summed E-state index contributed by atoms with van der Waals surface area (Å²) in [5.74, 6) is -0.735. The molecule has 8 nitrogen and oxygen atoms in total. The summed E-state index contributed by atoms with van der Waals surface area (Å²) >= 11 is 0. The number of anilines is 1. The number of imidazole rings is 1. The Labute approximate surface area is 114 Å². The monoisotopic (exact) mass is 297 g/mol. The Morgan fingerprint density at radius 1 is 1.35 bits per heavy atom. The number of sulfonamides is 1. The van der Waals surface area contributed by atoms with Crippen molar-refractivity contribution >= 4 is 21.9 Å². The van der Waals surface area contributed by atoms with E-state index < -0.39 is 22.6 Å². The highest BCUT2D eigenvalue weighted by atomic mass is 32.2. The number of aromatic nitrogens is 2. The van der Waals surface area contributed by atoms with Gasteiger partial charge in [0.05, 0.1) is 4.90 Å². The van der Waals surface area contributed by atoms with Crippen LogP contribution in [0.1, 0.15) is 0 Å². The SMILES string of the molecule is O=C(O)COc1ccc(S(=O)(=O)Nc2ncc[nH]2)cc1. The summed E-state index contributed by atoms with van der Waals surface area (Å²) in [6.07, 6.45) is 2.90. The van der Waals surface area contributed by atoms with Gasteiger partial charge in [-0.2, -0.15) is 0 Å². The molecule has 0 aliphatic carbocycles. The summed E-state index contributed by atoms with van der Waals surface area (Å²) in [7, 11) is -3.75. The molecule has 0 amide bonds. The van der Waals surface area contributed by atoms with E-state index in [4.69, 9.17) is 9.84 Å². The van der Waals surface area contributed by atoms with Crippen LogP contribution >= 0.6 is 0 Å². The Bertz CT molecular complexity index is 679. The Morgan fingerprint density at radius 2 is 2.05 bits per heavy atom. The molecule has 0 atom stereocenters. The molecule has 1 heterocycles. The summed E-state index contributed by atoms with van der Waals surface area (Å²) in [6, 6.07) is 5.37. The Balaban J connectivity index is 2.10. The first-order chi connectivity index (χ1) is 9.47. The number of H-pyrrole nitrogens is 1. The number of rotatable bonds is 6. The molecule has 20 heavy (non-hydrogen) atoms. The number of aromatic amines is 1. The molecule has 1 aromatic carbocycles. The van der Waals surface area contributed by atoms with Crippen molar-refractivity contribution in [3.63, 3.8) is 0 Å². The van der Waals surface area contributed by atoms with Crippen LogP contribution in [0.4, 0.5) is 5.95 Å². The Morgan fingerprint density at radius 3 is 2.60 bits per heavy atom. The third-order valence-corrected chi connectivity index (χ3v) is 3.58. The molecule has 0 radical (unpaired) electrons. The van der Waals surface area contributed by atoms with Crippen LogP contribution in [0, 0.1) is 0 Å². The van der Waals surface area contributed by atoms with Crippen molar-refractivity contribution in [1.82, 2.24) is 9.97 Å². The molecule has 3 N–H and O–H groups in total. The van der Waals surface area contributed by atoms with Gasteiger partial charge >= 0.3 is 5.97 Å². The van der Waals surface area contributed by atoms with Gasteiger partial charge in [0.15, 0.2) is 6.61 Å². The zero-order valence-corrected chi connectivity index (χ0v) is 10.9. The van der Waals surface area contributed by atoms with Crippen molar-refractivity contribution in [3.8, 4) is 5.75 Å². The number of aliphatic carboxylic acids is 1. The van der Waals surface area contributed by atoms with Gasteiger partial charge in [-0.1, -0.05) is 0 Å². The highest BCUT2D eigenvalue weighted by Gasteiger charge is 2.15. The zero-order valence-electron chi connectivity index (χ0n) is 10.1. The second-order valence-corrected chi connectivity index (χ2v) is 5.38. The van der Waals surface area contributed by atoms with E-state index in [1.807, 2.05) is 0 Å². The molecule has 0 saturated heterocycles. The molecular weight excluding hydrogens is 286 g/mol. The summed E-state index contributed by atoms with van der Waals surface area (Å²) < 4.78 is 31.1. The van der Waals surface area contributed by atoms with E-state index >= 15 is 0 Å². The largest absolute Gasteiger partial charge is 0.482 e. The van der Waals surface area contributed by atoms with Crippen molar-refractivity contribution in [2.75, 3.05) is 11.3 Å². The Hall–Kier alpha value is -2.55. The lowest BCUT2D eigenvalue weighted by atomic mass is 10.3. The molecule has 106 valence electrons. The fourth-order valence-electron chi connectivity index (χ4n) is 1.37. The lowest BCUT2D eigenvalue weighted by molar-refractivity contribution is -0.139. The summed E-state index contributed by atoms with van der Waals surface area (Å²) in [6.45, 7) is -0.489. The first-order valence-corrected chi connectivity index (χ1v) is 6.92. The third-order valence-electron chi connectivity index (χ3n) is 2.23. The average molecular weight is 297 g/mol. The zero-order chi connectivity index (χ0) is 14.6. The molecule has 0 unspecified atom stereocenters. The number of carboxylic acids is 1.